The highest BCUT2D eigenvalue weighted by Crippen LogP contribution is 2.53. The summed E-state index contributed by atoms with van der Waals surface area (Å²) >= 11 is 12.3. The van der Waals surface area contributed by atoms with E-state index in [4.69, 9.17) is 23.2 Å². The van der Waals surface area contributed by atoms with Crippen LogP contribution in [0.1, 0.15) is 62.6 Å². The van der Waals surface area contributed by atoms with E-state index in [2.05, 4.69) is 0 Å². The van der Waals surface area contributed by atoms with Crippen molar-refractivity contribution in [2.45, 2.75) is 69.5 Å². The predicted octanol–water partition coefficient (Wildman–Crippen LogP) is 5.94. The summed E-state index contributed by atoms with van der Waals surface area (Å²) in [5.74, 6) is -6.57. The molecule has 1 aliphatic rings. The number of nitrogens with zero attached hydrogens (tertiary/aromatic N) is 1. The van der Waals surface area contributed by atoms with Gasteiger partial charge in [0.05, 0.1) is 17.9 Å². The SMILES string of the molecule is CCC(CC(O)(O)C(F)(F)F)N1C(=O)[C@@](C)(CC(=O)O)C[C@H](c2cccc(Cl)c2)[C@H]1c1ccc(Cl)cc1. The van der Waals surface area contributed by atoms with Crippen LogP contribution in [0.3, 0.4) is 0 Å². The van der Waals surface area contributed by atoms with E-state index in [1.54, 1.807) is 48.5 Å². The molecule has 1 amide bonds. The second-order valence-electron chi connectivity index (χ2n) is 9.79. The fourth-order valence-electron chi connectivity index (χ4n) is 5.16. The van der Waals surface area contributed by atoms with E-state index in [9.17, 15) is 38.1 Å². The van der Waals surface area contributed by atoms with Crippen molar-refractivity contribution in [2.75, 3.05) is 0 Å². The maximum absolute atomic E-state index is 14.0. The van der Waals surface area contributed by atoms with Gasteiger partial charge >= 0.3 is 12.1 Å². The minimum absolute atomic E-state index is 0.0554. The van der Waals surface area contributed by atoms with Gasteiger partial charge in [-0.1, -0.05) is 61.3 Å². The number of hydrogen-bond acceptors (Lipinski definition) is 4. The van der Waals surface area contributed by atoms with Crippen molar-refractivity contribution < 1.29 is 38.1 Å². The average Bonchev–Trinajstić information content (AvgIpc) is 2.78. The van der Waals surface area contributed by atoms with Gasteiger partial charge in [0.1, 0.15) is 0 Å². The lowest BCUT2D eigenvalue weighted by molar-refractivity contribution is -0.354. The van der Waals surface area contributed by atoms with Gasteiger partial charge in [-0.05, 0) is 48.2 Å². The van der Waals surface area contributed by atoms with E-state index in [0.29, 0.717) is 21.2 Å². The molecule has 0 spiro atoms. The van der Waals surface area contributed by atoms with Gasteiger partial charge in [0.15, 0.2) is 0 Å². The van der Waals surface area contributed by atoms with Gasteiger partial charge in [-0.3, -0.25) is 9.59 Å². The largest absolute Gasteiger partial charge is 0.481 e. The number of carbonyl (C=O) groups excluding carboxylic acids is 1. The number of carboxylic acid groups (broad SMARTS) is 1. The quantitative estimate of drug-likeness (QED) is 0.346. The summed E-state index contributed by atoms with van der Waals surface area (Å²) in [5, 5.41) is 30.2. The minimum atomic E-state index is -5.37. The molecule has 2 aromatic carbocycles. The Kier molecular flexibility index (Phi) is 8.54. The minimum Gasteiger partial charge on any atom is -0.481 e. The van der Waals surface area contributed by atoms with Crippen LogP contribution in [0.25, 0.3) is 0 Å². The molecular formula is C26H28Cl2F3NO5. The third kappa shape index (κ3) is 6.22. The summed E-state index contributed by atoms with van der Waals surface area (Å²) in [6.07, 6.45) is -7.13. The van der Waals surface area contributed by atoms with Crippen LogP contribution in [0.4, 0.5) is 13.2 Å². The number of aliphatic carboxylic acids is 1. The zero-order valence-corrected chi connectivity index (χ0v) is 21.7. The van der Waals surface area contributed by atoms with Crippen LogP contribution in [0.15, 0.2) is 48.5 Å². The standard InChI is InChI=1S/C26H28Cl2F3NO5/c1-3-19(12-25(36,37)26(29,30)31)32-22(15-7-9-17(27)10-8-15)20(16-5-4-6-18(28)11-16)13-24(2,23(32)35)14-21(33)34/h4-11,19-20,22,36-37H,3,12-14H2,1-2H3,(H,33,34)/t19?,20-,22-,24-/m1/s1. The third-order valence-electron chi connectivity index (χ3n) is 6.97. The fraction of sp³-hybridized carbons (Fsp3) is 0.462. The molecule has 3 rings (SSSR count). The number of likely N-dealkylation sites (tertiary alicyclic amines) is 1. The van der Waals surface area contributed by atoms with Crippen molar-refractivity contribution in [3.05, 3.63) is 69.7 Å². The Hall–Kier alpha value is -2.33. The first kappa shape index (κ1) is 29.2. The molecule has 0 radical (unpaired) electrons. The Morgan fingerprint density at radius 2 is 1.73 bits per heavy atom. The lowest BCUT2D eigenvalue weighted by Crippen LogP contribution is -2.59. The van der Waals surface area contributed by atoms with Crippen molar-refractivity contribution in [3.63, 3.8) is 0 Å². The molecule has 11 heteroatoms. The molecule has 4 atom stereocenters. The summed E-state index contributed by atoms with van der Waals surface area (Å²) in [4.78, 5) is 27.0. The van der Waals surface area contributed by atoms with E-state index < -0.39 is 60.1 Å². The zero-order valence-electron chi connectivity index (χ0n) is 20.2. The number of piperidine rings is 1. The van der Waals surface area contributed by atoms with Crippen molar-refractivity contribution in [3.8, 4) is 0 Å². The van der Waals surface area contributed by atoms with Crippen LogP contribution in [0.5, 0.6) is 0 Å². The maximum Gasteiger partial charge on any atom is 0.442 e. The molecule has 37 heavy (non-hydrogen) atoms. The number of carbonyl (C=O) groups is 2. The monoisotopic (exact) mass is 561 g/mol. The van der Waals surface area contributed by atoms with Gasteiger partial charge in [0.2, 0.25) is 5.91 Å². The Morgan fingerprint density at radius 3 is 2.24 bits per heavy atom. The van der Waals surface area contributed by atoms with Crippen molar-refractivity contribution in [2.24, 2.45) is 5.41 Å². The Morgan fingerprint density at radius 1 is 1.11 bits per heavy atom. The Balaban J connectivity index is 2.25. The van der Waals surface area contributed by atoms with Crippen molar-refractivity contribution in [1.82, 2.24) is 4.90 Å². The summed E-state index contributed by atoms with van der Waals surface area (Å²) in [6.45, 7) is 2.99. The Labute approximate surface area is 222 Å². The van der Waals surface area contributed by atoms with Crippen LogP contribution in [-0.4, -0.2) is 50.1 Å². The molecule has 0 saturated carbocycles. The van der Waals surface area contributed by atoms with E-state index >= 15 is 0 Å². The number of alkyl halides is 3. The topological polar surface area (TPSA) is 98.1 Å². The number of benzene rings is 2. The first-order valence-electron chi connectivity index (χ1n) is 11.7. The van der Waals surface area contributed by atoms with Gasteiger partial charge in [0, 0.05) is 28.4 Å². The van der Waals surface area contributed by atoms with Crippen LogP contribution in [0.2, 0.25) is 10.0 Å². The summed E-state index contributed by atoms with van der Waals surface area (Å²) < 4.78 is 40.4. The zero-order chi connectivity index (χ0) is 27.8. The molecule has 0 bridgehead atoms. The molecule has 0 aromatic heterocycles. The van der Waals surface area contributed by atoms with Crippen LogP contribution >= 0.6 is 23.2 Å². The number of carboxylic acids is 1. The van der Waals surface area contributed by atoms with Crippen LogP contribution in [0, 0.1) is 5.41 Å². The smallest absolute Gasteiger partial charge is 0.442 e. The number of aliphatic hydroxyl groups is 2. The van der Waals surface area contributed by atoms with Crippen molar-refractivity contribution >= 4 is 35.1 Å². The fourth-order valence-corrected chi connectivity index (χ4v) is 5.49. The molecule has 0 aliphatic carbocycles. The summed E-state index contributed by atoms with van der Waals surface area (Å²) in [6, 6.07) is 11.1. The van der Waals surface area contributed by atoms with Gasteiger partial charge in [-0.2, -0.15) is 13.2 Å². The van der Waals surface area contributed by atoms with Gasteiger partial charge in [-0.15, -0.1) is 0 Å². The molecular weight excluding hydrogens is 534 g/mol. The molecule has 1 unspecified atom stereocenters. The third-order valence-corrected chi connectivity index (χ3v) is 7.46. The molecule has 2 aromatic rings. The number of hydrogen-bond donors (Lipinski definition) is 3. The predicted molar refractivity (Wildman–Crippen MR) is 132 cm³/mol. The first-order valence-corrected chi connectivity index (χ1v) is 12.4. The number of amides is 1. The number of rotatable bonds is 8. The van der Waals surface area contributed by atoms with Gasteiger partial charge < -0.3 is 20.2 Å². The second kappa shape index (κ2) is 10.8. The number of halogens is 5. The molecule has 1 fully saturated rings. The molecule has 3 N–H and O–H groups in total. The molecule has 1 aliphatic heterocycles. The Bertz CT molecular complexity index is 1140. The second-order valence-corrected chi connectivity index (χ2v) is 10.7. The van der Waals surface area contributed by atoms with Gasteiger partial charge in [0.25, 0.3) is 5.79 Å². The molecule has 1 saturated heterocycles. The van der Waals surface area contributed by atoms with Crippen molar-refractivity contribution in [1.29, 1.82) is 0 Å². The molecule has 1 heterocycles. The highest BCUT2D eigenvalue weighted by molar-refractivity contribution is 6.30. The van der Waals surface area contributed by atoms with E-state index in [-0.39, 0.29) is 12.8 Å². The summed E-state index contributed by atoms with van der Waals surface area (Å²) in [7, 11) is 0. The maximum atomic E-state index is 14.0. The average molecular weight is 562 g/mol. The van der Waals surface area contributed by atoms with E-state index in [1.165, 1.54) is 18.7 Å². The highest BCUT2D eigenvalue weighted by atomic mass is 35.5. The normalized spacial score (nSPS) is 23.7. The van der Waals surface area contributed by atoms with Gasteiger partial charge in [-0.25, -0.2) is 0 Å². The van der Waals surface area contributed by atoms with Crippen LogP contribution in [-0.2, 0) is 9.59 Å². The molecule has 6 nitrogen and oxygen atoms in total. The lowest BCUT2D eigenvalue weighted by atomic mass is 9.66. The van der Waals surface area contributed by atoms with E-state index in [1.807, 2.05) is 0 Å². The summed E-state index contributed by atoms with van der Waals surface area (Å²) in [5.41, 5.74) is -0.278. The molecule has 202 valence electrons. The van der Waals surface area contributed by atoms with Crippen LogP contribution < -0.4 is 0 Å². The first-order chi connectivity index (χ1) is 17.1. The highest BCUT2D eigenvalue weighted by Gasteiger charge is 2.57. The van der Waals surface area contributed by atoms with E-state index in [0.717, 1.165) is 0 Å². The lowest BCUT2D eigenvalue weighted by Gasteiger charge is -2.52.